The van der Waals surface area contributed by atoms with Crippen LogP contribution in [0.15, 0.2) is 6.07 Å². The number of halogens is 3. The van der Waals surface area contributed by atoms with Crippen molar-refractivity contribution in [2.75, 3.05) is 13.2 Å². The van der Waals surface area contributed by atoms with Gasteiger partial charge in [-0.15, -0.1) is 6.42 Å². The summed E-state index contributed by atoms with van der Waals surface area (Å²) in [6.45, 7) is 0.970. The molecule has 0 unspecified atom stereocenters. The zero-order chi connectivity index (χ0) is 13.7. The Labute approximate surface area is 102 Å². The fourth-order valence-corrected chi connectivity index (χ4v) is 1.19. The van der Waals surface area contributed by atoms with Crippen LogP contribution >= 0.6 is 0 Å². The lowest BCUT2D eigenvalue weighted by atomic mass is 10.2. The van der Waals surface area contributed by atoms with E-state index < -0.39 is 41.3 Å². The highest BCUT2D eigenvalue weighted by molar-refractivity contribution is 5.90. The summed E-state index contributed by atoms with van der Waals surface area (Å²) in [7, 11) is 0. The van der Waals surface area contributed by atoms with Crippen LogP contribution in [-0.2, 0) is 4.74 Å². The molecule has 1 rings (SSSR count). The van der Waals surface area contributed by atoms with Crippen molar-refractivity contribution in [2.24, 2.45) is 0 Å². The summed E-state index contributed by atoms with van der Waals surface area (Å²) in [5.41, 5.74) is -0.771. The molecule has 3 nitrogen and oxygen atoms in total. The molecule has 0 atom stereocenters. The number of esters is 1. The molecule has 0 spiro atoms. The average Bonchev–Trinajstić information content (AvgIpc) is 2.36. The SMILES string of the molecule is C#CCOC(=O)c1cc(F)c(F)c(OCC)c1F. The summed E-state index contributed by atoms with van der Waals surface area (Å²) in [6, 6.07) is 0.395. The minimum atomic E-state index is -1.50. The molecule has 0 aliphatic rings. The second kappa shape index (κ2) is 5.96. The number of rotatable bonds is 4. The van der Waals surface area contributed by atoms with Gasteiger partial charge < -0.3 is 9.47 Å². The van der Waals surface area contributed by atoms with E-state index in [9.17, 15) is 18.0 Å². The molecule has 0 N–H and O–H groups in total. The molecule has 1 aromatic rings. The predicted molar refractivity (Wildman–Crippen MR) is 56.6 cm³/mol. The number of benzene rings is 1. The van der Waals surface area contributed by atoms with Gasteiger partial charge in [-0.25, -0.2) is 13.6 Å². The van der Waals surface area contributed by atoms with Crippen molar-refractivity contribution in [2.45, 2.75) is 6.92 Å². The van der Waals surface area contributed by atoms with E-state index in [1.807, 2.05) is 5.92 Å². The van der Waals surface area contributed by atoms with Crippen LogP contribution < -0.4 is 4.74 Å². The molecular formula is C12H9F3O3. The first kappa shape index (κ1) is 13.9. The third-order valence-electron chi connectivity index (χ3n) is 1.91. The van der Waals surface area contributed by atoms with E-state index in [-0.39, 0.29) is 6.61 Å². The summed E-state index contributed by atoms with van der Waals surface area (Å²) < 4.78 is 49.1. The predicted octanol–water partition coefficient (Wildman–Crippen LogP) is 2.29. The molecule has 18 heavy (non-hydrogen) atoms. The first-order valence-corrected chi connectivity index (χ1v) is 4.93. The van der Waals surface area contributed by atoms with Gasteiger partial charge >= 0.3 is 5.97 Å². The Morgan fingerprint density at radius 1 is 1.39 bits per heavy atom. The van der Waals surface area contributed by atoms with E-state index in [1.165, 1.54) is 6.92 Å². The minimum Gasteiger partial charge on any atom is -0.488 e. The van der Waals surface area contributed by atoms with E-state index in [0.717, 1.165) is 0 Å². The number of terminal acetylenes is 1. The Morgan fingerprint density at radius 3 is 2.61 bits per heavy atom. The molecule has 0 aromatic heterocycles. The van der Waals surface area contributed by atoms with E-state index in [2.05, 4.69) is 9.47 Å². The van der Waals surface area contributed by atoms with Gasteiger partial charge in [0.1, 0.15) is 5.56 Å². The molecule has 0 aliphatic heterocycles. The Morgan fingerprint density at radius 2 is 2.06 bits per heavy atom. The van der Waals surface area contributed by atoms with Gasteiger partial charge in [-0.1, -0.05) is 5.92 Å². The van der Waals surface area contributed by atoms with Crippen LogP contribution in [0.5, 0.6) is 5.75 Å². The first-order valence-electron chi connectivity index (χ1n) is 4.93. The normalized spacial score (nSPS) is 9.72. The highest BCUT2D eigenvalue weighted by Gasteiger charge is 2.24. The third kappa shape index (κ3) is 2.74. The van der Waals surface area contributed by atoms with Crippen LogP contribution in [0, 0.1) is 29.8 Å². The lowest BCUT2D eigenvalue weighted by Gasteiger charge is -2.10. The highest BCUT2D eigenvalue weighted by atomic mass is 19.2. The van der Waals surface area contributed by atoms with Gasteiger partial charge in [-0.2, -0.15) is 4.39 Å². The fraction of sp³-hybridized carbons (Fsp3) is 0.250. The second-order valence-electron chi connectivity index (χ2n) is 3.08. The number of carbonyl (C=O) groups is 1. The zero-order valence-electron chi connectivity index (χ0n) is 9.43. The van der Waals surface area contributed by atoms with E-state index in [1.54, 1.807) is 0 Å². The largest absolute Gasteiger partial charge is 0.488 e. The molecule has 0 amide bonds. The Bertz CT molecular complexity index is 506. The van der Waals surface area contributed by atoms with Gasteiger partial charge in [0.15, 0.2) is 24.0 Å². The third-order valence-corrected chi connectivity index (χ3v) is 1.91. The molecule has 0 heterocycles. The fourth-order valence-electron chi connectivity index (χ4n) is 1.19. The van der Waals surface area contributed by atoms with E-state index in [4.69, 9.17) is 6.42 Å². The van der Waals surface area contributed by atoms with Crippen LogP contribution in [0.4, 0.5) is 13.2 Å². The standard InChI is InChI=1S/C12H9F3O3/c1-3-5-18-12(16)7-6-8(13)10(15)11(9(7)14)17-4-2/h1,6H,4-5H2,2H3. The molecule has 0 saturated carbocycles. The van der Waals surface area contributed by atoms with Crippen LogP contribution in [0.2, 0.25) is 0 Å². The molecule has 96 valence electrons. The maximum Gasteiger partial charge on any atom is 0.342 e. The topological polar surface area (TPSA) is 35.5 Å². The van der Waals surface area contributed by atoms with E-state index >= 15 is 0 Å². The monoisotopic (exact) mass is 258 g/mol. The minimum absolute atomic E-state index is 0.0872. The summed E-state index contributed by atoms with van der Waals surface area (Å²) in [5.74, 6) is -4.38. The first-order chi connectivity index (χ1) is 8.52. The number of hydrogen-bond donors (Lipinski definition) is 0. The zero-order valence-corrected chi connectivity index (χ0v) is 9.43. The van der Waals surface area contributed by atoms with Crippen molar-refractivity contribution in [1.82, 2.24) is 0 Å². The van der Waals surface area contributed by atoms with Crippen molar-refractivity contribution < 1.29 is 27.4 Å². The van der Waals surface area contributed by atoms with Gasteiger partial charge in [0.2, 0.25) is 5.82 Å². The lowest BCUT2D eigenvalue weighted by molar-refractivity contribution is 0.0549. The van der Waals surface area contributed by atoms with Gasteiger partial charge in [-0.3, -0.25) is 0 Å². The molecule has 0 radical (unpaired) electrons. The van der Waals surface area contributed by atoms with Crippen LogP contribution in [0.3, 0.4) is 0 Å². The van der Waals surface area contributed by atoms with Gasteiger partial charge in [0, 0.05) is 0 Å². The van der Waals surface area contributed by atoms with Gasteiger partial charge in [0.05, 0.1) is 6.61 Å². The van der Waals surface area contributed by atoms with Crippen molar-refractivity contribution >= 4 is 5.97 Å². The molecule has 0 fully saturated rings. The Balaban J connectivity index is 3.21. The smallest absolute Gasteiger partial charge is 0.342 e. The lowest BCUT2D eigenvalue weighted by Crippen LogP contribution is -2.11. The van der Waals surface area contributed by atoms with Crippen LogP contribution in [-0.4, -0.2) is 19.2 Å². The maximum atomic E-state index is 13.7. The summed E-state index contributed by atoms with van der Waals surface area (Å²) >= 11 is 0. The van der Waals surface area contributed by atoms with Crippen molar-refractivity contribution in [1.29, 1.82) is 0 Å². The summed E-state index contributed by atoms with van der Waals surface area (Å²) in [6.07, 6.45) is 4.84. The molecule has 1 aromatic carbocycles. The number of hydrogen-bond acceptors (Lipinski definition) is 3. The number of ether oxygens (including phenoxy) is 2. The number of carbonyl (C=O) groups excluding carboxylic acids is 1. The van der Waals surface area contributed by atoms with Crippen molar-refractivity contribution in [3.63, 3.8) is 0 Å². The molecule has 0 bridgehead atoms. The average molecular weight is 258 g/mol. The summed E-state index contributed by atoms with van der Waals surface area (Å²) in [4.78, 5) is 11.3. The van der Waals surface area contributed by atoms with E-state index in [0.29, 0.717) is 6.07 Å². The van der Waals surface area contributed by atoms with Crippen molar-refractivity contribution in [3.8, 4) is 18.1 Å². The molecule has 6 heteroatoms. The van der Waals surface area contributed by atoms with Crippen molar-refractivity contribution in [3.05, 3.63) is 29.1 Å². The Kier molecular flexibility index (Phi) is 4.60. The van der Waals surface area contributed by atoms with Gasteiger partial charge in [-0.05, 0) is 13.0 Å². The second-order valence-corrected chi connectivity index (χ2v) is 3.08. The van der Waals surface area contributed by atoms with Crippen LogP contribution in [0.25, 0.3) is 0 Å². The highest BCUT2D eigenvalue weighted by Crippen LogP contribution is 2.27. The summed E-state index contributed by atoms with van der Waals surface area (Å²) in [5, 5.41) is 0. The molecular weight excluding hydrogens is 249 g/mol. The maximum absolute atomic E-state index is 13.7. The van der Waals surface area contributed by atoms with Crippen LogP contribution in [0.1, 0.15) is 17.3 Å². The molecule has 0 aliphatic carbocycles. The van der Waals surface area contributed by atoms with Gasteiger partial charge in [0.25, 0.3) is 0 Å². The Hall–Kier alpha value is -2.16. The molecule has 0 saturated heterocycles. The quantitative estimate of drug-likeness (QED) is 0.472.